The summed E-state index contributed by atoms with van der Waals surface area (Å²) in [6, 6.07) is -0.465. The monoisotopic (exact) mass is 476 g/mol. The van der Waals surface area contributed by atoms with Crippen molar-refractivity contribution in [3.63, 3.8) is 0 Å². The van der Waals surface area contributed by atoms with Crippen LogP contribution in [-0.4, -0.2) is 71.3 Å². The molecule has 3 atom stereocenters. The molecule has 1 saturated heterocycles. The predicted molar refractivity (Wildman–Crippen MR) is 137 cm³/mol. The zero-order chi connectivity index (χ0) is 25.6. The third kappa shape index (κ3) is 7.30. The Hall–Kier alpha value is -1.89. The number of carbonyl (C=O) groups is 3. The summed E-state index contributed by atoms with van der Waals surface area (Å²) < 4.78 is 0. The van der Waals surface area contributed by atoms with Gasteiger partial charge in [-0.25, -0.2) is 0 Å². The Morgan fingerprint density at radius 2 is 1.59 bits per heavy atom. The second kappa shape index (κ2) is 12.7. The fraction of sp³-hybridized carbons (Fsp3) is 0.815. The van der Waals surface area contributed by atoms with Crippen molar-refractivity contribution in [2.45, 2.75) is 117 Å². The van der Waals surface area contributed by atoms with E-state index < -0.39 is 6.04 Å². The predicted octanol–water partition coefficient (Wildman–Crippen LogP) is 3.49. The Kier molecular flexibility index (Phi) is 10.6. The van der Waals surface area contributed by atoms with Crippen molar-refractivity contribution in [3.05, 3.63) is 11.6 Å². The van der Waals surface area contributed by atoms with Gasteiger partial charge in [0.15, 0.2) is 0 Å². The molecule has 2 aliphatic rings. The van der Waals surface area contributed by atoms with E-state index in [4.69, 9.17) is 0 Å². The largest absolute Gasteiger partial charge is 0.350 e. The van der Waals surface area contributed by atoms with E-state index in [-0.39, 0.29) is 53.7 Å². The number of likely N-dealkylation sites (tertiary alicyclic amines) is 1. The Labute approximate surface area is 207 Å². The molecule has 7 heteroatoms. The highest BCUT2D eigenvalue weighted by Crippen LogP contribution is 2.22. The number of nitrogens with one attached hydrogen (secondary N) is 2. The van der Waals surface area contributed by atoms with Crippen molar-refractivity contribution < 1.29 is 14.4 Å². The Morgan fingerprint density at radius 3 is 2.09 bits per heavy atom. The van der Waals surface area contributed by atoms with E-state index in [1.54, 1.807) is 11.9 Å². The summed E-state index contributed by atoms with van der Waals surface area (Å²) in [6.07, 6.45) is 8.10. The lowest BCUT2D eigenvalue weighted by molar-refractivity contribution is -0.140. The highest BCUT2D eigenvalue weighted by Gasteiger charge is 2.36. The number of hydrogen-bond donors (Lipinski definition) is 2. The second-order valence-corrected chi connectivity index (χ2v) is 11.2. The number of likely N-dealkylation sites (N-methyl/N-ethyl adjacent to an activating group) is 1. The minimum atomic E-state index is -0.604. The van der Waals surface area contributed by atoms with Crippen LogP contribution in [0.25, 0.3) is 0 Å². The lowest BCUT2D eigenvalue weighted by atomic mass is 9.92. The van der Waals surface area contributed by atoms with Crippen LogP contribution in [0, 0.1) is 11.8 Å². The summed E-state index contributed by atoms with van der Waals surface area (Å²) >= 11 is 0. The summed E-state index contributed by atoms with van der Waals surface area (Å²) in [7, 11) is 1.78. The Morgan fingerprint density at radius 1 is 0.941 bits per heavy atom. The molecule has 2 rings (SSSR count). The van der Waals surface area contributed by atoms with E-state index in [2.05, 4.69) is 29.4 Å². The molecule has 1 aliphatic carbocycles. The maximum Gasteiger partial charge on any atom is 0.246 e. The topological polar surface area (TPSA) is 81.8 Å². The first-order valence-corrected chi connectivity index (χ1v) is 13.3. The maximum atomic E-state index is 13.6. The second-order valence-electron chi connectivity index (χ2n) is 11.2. The van der Waals surface area contributed by atoms with Gasteiger partial charge in [0.2, 0.25) is 17.7 Å². The third-order valence-electron chi connectivity index (χ3n) is 7.44. The lowest BCUT2D eigenvalue weighted by Gasteiger charge is -2.39. The van der Waals surface area contributed by atoms with Crippen molar-refractivity contribution in [2.75, 3.05) is 13.6 Å². The summed E-state index contributed by atoms with van der Waals surface area (Å²) in [5.74, 6) is -0.150. The van der Waals surface area contributed by atoms with Gasteiger partial charge in [0.05, 0.1) is 12.1 Å². The van der Waals surface area contributed by atoms with Crippen LogP contribution in [0.2, 0.25) is 0 Å². The van der Waals surface area contributed by atoms with Gasteiger partial charge in [-0.1, -0.05) is 40.2 Å². The van der Waals surface area contributed by atoms with Gasteiger partial charge in [-0.2, -0.15) is 0 Å². The molecule has 0 aromatic heterocycles. The molecular formula is C27H48N4O3. The van der Waals surface area contributed by atoms with Gasteiger partial charge in [0, 0.05) is 24.7 Å². The molecule has 0 spiro atoms. The van der Waals surface area contributed by atoms with Crippen LogP contribution in [-0.2, 0) is 14.4 Å². The maximum absolute atomic E-state index is 13.6. The summed E-state index contributed by atoms with van der Waals surface area (Å²) in [6.45, 7) is 15.0. The molecule has 2 N–H and O–H groups in total. The summed E-state index contributed by atoms with van der Waals surface area (Å²) in [4.78, 5) is 43.4. The standard InChI is InChI=1S/C27H48N4O3/c1-17(2)23(16-20(7)25(32)28-21-12-11-13-21)30(8)27(34)24(18(3)4)29-26(33)22-14-9-10-15-31(22)19(5)6/h16-19,21-24H,9-15H2,1-8H3,(H,28,32)(H,29,33)/t22-,23-,24+/m1/s1. The van der Waals surface area contributed by atoms with E-state index in [0.717, 1.165) is 45.1 Å². The smallest absolute Gasteiger partial charge is 0.246 e. The molecule has 1 aliphatic heterocycles. The van der Waals surface area contributed by atoms with Gasteiger partial charge in [0.25, 0.3) is 0 Å². The first-order valence-electron chi connectivity index (χ1n) is 13.3. The van der Waals surface area contributed by atoms with Crippen LogP contribution in [0.5, 0.6) is 0 Å². The van der Waals surface area contributed by atoms with Crippen LogP contribution in [0.3, 0.4) is 0 Å². The molecule has 34 heavy (non-hydrogen) atoms. The molecule has 194 valence electrons. The van der Waals surface area contributed by atoms with Crippen molar-refractivity contribution >= 4 is 17.7 Å². The minimum absolute atomic E-state index is 0.0465. The quantitative estimate of drug-likeness (QED) is 0.473. The van der Waals surface area contributed by atoms with E-state index >= 15 is 0 Å². The molecule has 0 aromatic rings. The zero-order valence-corrected chi connectivity index (χ0v) is 22.7. The van der Waals surface area contributed by atoms with Gasteiger partial charge in [-0.3, -0.25) is 19.3 Å². The van der Waals surface area contributed by atoms with E-state index in [0.29, 0.717) is 5.57 Å². The van der Waals surface area contributed by atoms with Crippen LogP contribution in [0.1, 0.15) is 87.0 Å². The molecule has 1 heterocycles. The Bertz CT molecular complexity index is 742. The number of nitrogens with zero attached hydrogens (tertiary/aromatic N) is 2. The van der Waals surface area contributed by atoms with Crippen molar-refractivity contribution in [2.24, 2.45) is 11.8 Å². The highest BCUT2D eigenvalue weighted by atomic mass is 16.2. The first-order chi connectivity index (χ1) is 15.9. The molecule has 1 saturated carbocycles. The van der Waals surface area contributed by atoms with Gasteiger partial charge < -0.3 is 15.5 Å². The van der Waals surface area contributed by atoms with Crippen molar-refractivity contribution in [3.8, 4) is 0 Å². The van der Waals surface area contributed by atoms with E-state index in [1.165, 1.54) is 0 Å². The van der Waals surface area contributed by atoms with Crippen molar-refractivity contribution in [1.29, 1.82) is 0 Å². The van der Waals surface area contributed by atoms with Gasteiger partial charge in [0.1, 0.15) is 6.04 Å². The van der Waals surface area contributed by atoms with Crippen LogP contribution < -0.4 is 10.6 Å². The molecule has 3 amide bonds. The molecule has 2 fully saturated rings. The van der Waals surface area contributed by atoms with E-state index in [9.17, 15) is 14.4 Å². The summed E-state index contributed by atoms with van der Waals surface area (Å²) in [5, 5.41) is 6.16. The highest BCUT2D eigenvalue weighted by molar-refractivity contribution is 5.93. The molecule has 0 bridgehead atoms. The number of piperidine rings is 1. The van der Waals surface area contributed by atoms with Crippen molar-refractivity contribution in [1.82, 2.24) is 20.4 Å². The molecule has 7 nitrogen and oxygen atoms in total. The zero-order valence-electron chi connectivity index (χ0n) is 22.7. The fourth-order valence-electron chi connectivity index (χ4n) is 4.92. The number of hydrogen-bond acceptors (Lipinski definition) is 4. The first kappa shape index (κ1) is 28.3. The average Bonchev–Trinajstić information content (AvgIpc) is 2.76. The third-order valence-corrected chi connectivity index (χ3v) is 7.44. The molecular weight excluding hydrogens is 428 g/mol. The SMILES string of the molecule is CC(=C[C@H](C(C)C)N(C)C(=O)[C@@H](NC(=O)[C@H]1CCCCN1C(C)C)C(C)C)C(=O)NC1CCC1. The van der Waals surface area contributed by atoms with Gasteiger partial charge >= 0.3 is 0 Å². The van der Waals surface area contributed by atoms with Gasteiger partial charge in [-0.05, 0) is 71.3 Å². The molecule has 0 aromatic carbocycles. The lowest BCUT2D eigenvalue weighted by Crippen LogP contribution is -2.58. The Balaban J connectivity index is 2.14. The van der Waals surface area contributed by atoms with Crippen LogP contribution >= 0.6 is 0 Å². The number of amides is 3. The number of carbonyl (C=O) groups excluding carboxylic acids is 3. The summed E-state index contributed by atoms with van der Waals surface area (Å²) in [5.41, 5.74) is 0.630. The van der Waals surface area contributed by atoms with Crippen LogP contribution in [0.15, 0.2) is 11.6 Å². The van der Waals surface area contributed by atoms with Gasteiger partial charge in [-0.15, -0.1) is 0 Å². The number of rotatable bonds is 10. The average molecular weight is 477 g/mol. The normalized spacial score (nSPS) is 21.9. The minimum Gasteiger partial charge on any atom is -0.350 e. The molecule has 0 radical (unpaired) electrons. The fourth-order valence-corrected chi connectivity index (χ4v) is 4.92. The molecule has 0 unspecified atom stereocenters. The van der Waals surface area contributed by atoms with E-state index in [1.807, 2.05) is 40.7 Å². The van der Waals surface area contributed by atoms with Crippen LogP contribution in [0.4, 0.5) is 0 Å².